The first-order valence-electron chi connectivity index (χ1n) is 12.8. The predicted molar refractivity (Wildman–Crippen MR) is 155 cm³/mol. The summed E-state index contributed by atoms with van der Waals surface area (Å²) in [7, 11) is 1.75. The normalized spacial score (nSPS) is 13.4. The zero-order valence-electron chi connectivity index (χ0n) is 21.6. The van der Waals surface area contributed by atoms with Gasteiger partial charge in [0.2, 0.25) is 5.91 Å². The maximum Gasteiger partial charge on any atom is 0.258 e. The maximum absolute atomic E-state index is 13.8. The van der Waals surface area contributed by atoms with Crippen molar-refractivity contribution in [3.05, 3.63) is 126 Å². The van der Waals surface area contributed by atoms with E-state index in [1.54, 1.807) is 18.0 Å². The minimum Gasteiger partial charge on any atom is -0.354 e. The topological polar surface area (TPSA) is 73.5 Å². The third kappa shape index (κ3) is 6.05. The van der Waals surface area contributed by atoms with Gasteiger partial charge in [-0.25, -0.2) is 4.39 Å². The predicted octanol–water partition coefficient (Wildman–Crippen LogP) is 5.55. The second-order valence-corrected chi connectivity index (χ2v) is 9.30. The number of fused-ring (bicyclic) bond motifs is 1. The van der Waals surface area contributed by atoms with Crippen molar-refractivity contribution in [2.75, 3.05) is 35.7 Å². The van der Waals surface area contributed by atoms with Crippen LogP contribution < -0.4 is 20.9 Å². The summed E-state index contributed by atoms with van der Waals surface area (Å²) in [6, 6.07) is 31.4. The van der Waals surface area contributed by atoms with Crippen molar-refractivity contribution >= 4 is 40.1 Å². The minimum atomic E-state index is -0.412. The van der Waals surface area contributed by atoms with E-state index in [9.17, 15) is 14.0 Å². The highest BCUT2D eigenvalue weighted by atomic mass is 19.1. The van der Waals surface area contributed by atoms with Gasteiger partial charge in [-0.05, 0) is 66.6 Å². The Labute approximate surface area is 227 Å². The van der Waals surface area contributed by atoms with E-state index < -0.39 is 5.82 Å². The third-order valence-corrected chi connectivity index (χ3v) is 6.65. The summed E-state index contributed by atoms with van der Waals surface area (Å²) in [5.41, 5.74) is 5.67. The van der Waals surface area contributed by atoms with Crippen molar-refractivity contribution in [2.45, 2.75) is 6.42 Å². The highest BCUT2D eigenvalue weighted by molar-refractivity contribution is 6.37. The van der Waals surface area contributed by atoms with Crippen LogP contribution in [0.3, 0.4) is 0 Å². The van der Waals surface area contributed by atoms with Gasteiger partial charge in [-0.1, -0.05) is 60.7 Å². The molecule has 0 atom stereocenters. The Morgan fingerprint density at radius 2 is 1.59 bits per heavy atom. The SMILES string of the molecule is CN(C(=O)CNCCc1ccccc1)c1ccc(NC(=C2C(=O)Nc3cc(F)ccc32)c2ccccc2)cc1. The van der Waals surface area contributed by atoms with E-state index in [0.717, 1.165) is 23.4 Å². The number of likely N-dealkylation sites (N-methyl/N-ethyl adjacent to an activating group) is 1. The average Bonchev–Trinajstić information content (AvgIpc) is 3.29. The lowest BCUT2D eigenvalue weighted by Gasteiger charge is -2.19. The number of nitrogens with one attached hydrogen (secondary N) is 3. The van der Waals surface area contributed by atoms with Gasteiger partial charge in [-0.15, -0.1) is 0 Å². The molecule has 0 saturated heterocycles. The summed E-state index contributed by atoms with van der Waals surface area (Å²) in [6.07, 6.45) is 0.856. The van der Waals surface area contributed by atoms with Gasteiger partial charge in [-0.3, -0.25) is 9.59 Å². The van der Waals surface area contributed by atoms with Crippen LogP contribution >= 0.6 is 0 Å². The first-order valence-corrected chi connectivity index (χ1v) is 12.8. The summed E-state index contributed by atoms with van der Waals surface area (Å²) in [5.74, 6) is -0.754. The molecular weight excluding hydrogens is 491 g/mol. The molecule has 6 nitrogen and oxygen atoms in total. The van der Waals surface area contributed by atoms with Crippen molar-refractivity contribution in [1.82, 2.24) is 5.32 Å². The molecule has 7 heteroatoms. The number of anilines is 3. The summed E-state index contributed by atoms with van der Waals surface area (Å²) >= 11 is 0. The Morgan fingerprint density at radius 1 is 0.897 bits per heavy atom. The molecule has 2 amide bonds. The Hall–Kier alpha value is -4.75. The number of hydrogen-bond acceptors (Lipinski definition) is 4. The number of benzene rings is 4. The summed E-state index contributed by atoms with van der Waals surface area (Å²) in [5, 5.41) is 9.37. The molecule has 0 aliphatic carbocycles. The van der Waals surface area contributed by atoms with Gasteiger partial charge in [-0.2, -0.15) is 0 Å². The standard InChI is InChI=1S/C32H29FN4O2/c1-37(29(38)21-34-19-18-22-8-4-2-5-9-22)26-15-13-25(14-16-26)35-31(23-10-6-3-7-11-23)30-27-17-12-24(33)20-28(27)36-32(30)39/h2-17,20,34-35H,18-19,21H2,1H3,(H,36,39). The summed E-state index contributed by atoms with van der Waals surface area (Å²) in [4.78, 5) is 27.3. The van der Waals surface area contributed by atoms with Crippen LogP contribution in [0.5, 0.6) is 0 Å². The minimum absolute atomic E-state index is 0.0395. The number of carbonyl (C=O) groups excluding carboxylic acids is 2. The Balaban J connectivity index is 1.30. The first-order chi connectivity index (χ1) is 19.0. The molecule has 4 aromatic carbocycles. The molecule has 0 radical (unpaired) electrons. The molecule has 196 valence electrons. The summed E-state index contributed by atoms with van der Waals surface area (Å²) in [6.45, 7) is 0.954. The molecule has 1 heterocycles. The number of hydrogen-bond donors (Lipinski definition) is 3. The lowest BCUT2D eigenvalue weighted by molar-refractivity contribution is -0.117. The smallest absolute Gasteiger partial charge is 0.258 e. The van der Waals surface area contributed by atoms with E-state index in [1.165, 1.54) is 17.7 Å². The van der Waals surface area contributed by atoms with E-state index in [1.807, 2.05) is 72.8 Å². The third-order valence-electron chi connectivity index (χ3n) is 6.65. The molecule has 1 aliphatic rings. The number of amides is 2. The Kier molecular flexibility index (Phi) is 7.80. The molecule has 1 aliphatic heterocycles. The van der Waals surface area contributed by atoms with Crippen LogP contribution in [0.1, 0.15) is 16.7 Å². The molecule has 39 heavy (non-hydrogen) atoms. The van der Waals surface area contributed by atoms with Crippen LogP contribution in [-0.4, -0.2) is 32.0 Å². The van der Waals surface area contributed by atoms with Crippen molar-refractivity contribution in [3.63, 3.8) is 0 Å². The summed E-state index contributed by atoms with van der Waals surface area (Å²) < 4.78 is 13.8. The molecule has 3 N–H and O–H groups in total. The zero-order chi connectivity index (χ0) is 27.2. The number of halogens is 1. The maximum atomic E-state index is 13.8. The molecule has 0 unspecified atom stereocenters. The second-order valence-electron chi connectivity index (χ2n) is 9.30. The highest BCUT2D eigenvalue weighted by Crippen LogP contribution is 2.38. The number of carbonyl (C=O) groups is 2. The lowest BCUT2D eigenvalue weighted by atomic mass is 10.00. The van der Waals surface area contributed by atoms with E-state index in [2.05, 4.69) is 28.1 Å². The molecule has 0 saturated carbocycles. The van der Waals surface area contributed by atoms with Crippen molar-refractivity contribution < 1.29 is 14.0 Å². The first kappa shape index (κ1) is 25.9. The molecule has 0 spiro atoms. The quantitative estimate of drug-likeness (QED) is 0.200. The molecule has 0 aromatic heterocycles. The van der Waals surface area contributed by atoms with Crippen LogP contribution in [0.15, 0.2) is 103 Å². The fraction of sp³-hybridized carbons (Fsp3) is 0.125. The fourth-order valence-electron chi connectivity index (χ4n) is 4.53. The number of nitrogens with zero attached hydrogens (tertiary/aromatic N) is 1. The van der Waals surface area contributed by atoms with Crippen molar-refractivity contribution in [3.8, 4) is 0 Å². The van der Waals surface area contributed by atoms with E-state index in [0.29, 0.717) is 29.1 Å². The Morgan fingerprint density at radius 3 is 2.31 bits per heavy atom. The van der Waals surface area contributed by atoms with E-state index >= 15 is 0 Å². The van der Waals surface area contributed by atoms with Crippen molar-refractivity contribution in [2.24, 2.45) is 0 Å². The number of rotatable bonds is 9. The molecule has 0 bridgehead atoms. The van der Waals surface area contributed by atoms with E-state index in [4.69, 9.17) is 0 Å². The van der Waals surface area contributed by atoms with Gasteiger partial charge in [0.1, 0.15) is 5.82 Å². The van der Waals surface area contributed by atoms with Crippen molar-refractivity contribution in [1.29, 1.82) is 0 Å². The van der Waals surface area contributed by atoms with Gasteiger partial charge in [0.25, 0.3) is 5.91 Å². The van der Waals surface area contributed by atoms with Crippen LogP contribution in [0.4, 0.5) is 21.5 Å². The average molecular weight is 521 g/mol. The van der Waals surface area contributed by atoms with Gasteiger partial charge in [0.05, 0.1) is 23.5 Å². The second kappa shape index (κ2) is 11.8. The van der Waals surface area contributed by atoms with Crippen LogP contribution in [0.25, 0.3) is 11.3 Å². The molecule has 4 aromatic rings. The van der Waals surface area contributed by atoms with Gasteiger partial charge in [0, 0.05) is 24.0 Å². The van der Waals surface area contributed by atoms with Gasteiger partial charge in [0.15, 0.2) is 0 Å². The van der Waals surface area contributed by atoms with E-state index in [-0.39, 0.29) is 18.4 Å². The highest BCUT2D eigenvalue weighted by Gasteiger charge is 2.28. The van der Waals surface area contributed by atoms with Crippen LogP contribution in [-0.2, 0) is 16.0 Å². The molecule has 0 fully saturated rings. The Bertz CT molecular complexity index is 1500. The van der Waals surface area contributed by atoms with Gasteiger partial charge >= 0.3 is 0 Å². The van der Waals surface area contributed by atoms with Gasteiger partial charge < -0.3 is 20.9 Å². The van der Waals surface area contributed by atoms with Crippen LogP contribution in [0.2, 0.25) is 0 Å². The monoisotopic (exact) mass is 520 g/mol. The fourth-order valence-corrected chi connectivity index (χ4v) is 4.53. The lowest BCUT2D eigenvalue weighted by Crippen LogP contribution is -2.36. The largest absolute Gasteiger partial charge is 0.354 e. The van der Waals surface area contributed by atoms with Crippen LogP contribution in [0, 0.1) is 5.82 Å². The zero-order valence-corrected chi connectivity index (χ0v) is 21.6. The molecule has 5 rings (SSSR count). The molecular formula is C32H29FN4O2.